The summed E-state index contributed by atoms with van der Waals surface area (Å²) in [5.74, 6) is -1.65. The van der Waals surface area contributed by atoms with Gasteiger partial charge < -0.3 is 0 Å². The number of carbonyl (C=O) groups is 1. The number of hydrogen-bond acceptors (Lipinski definition) is 3. The lowest BCUT2D eigenvalue weighted by Crippen LogP contribution is -2.30. The van der Waals surface area contributed by atoms with Crippen LogP contribution in [0.2, 0.25) is 0 Å². The molecule has 0 aromatic heterocycles. The minimum Gasteiger partial charge on any atom is -0.293 e. The van der Waals surface area contributed by atoms with Gasteiger partial charge in [0.25, 0.3) is 0 Å². The smallest absolute Gasteiger partial charge is 0.293 e. The van der Waals surface area contributed by atoms with Gasteiger partial charge in [0.1, 0.15) is 5.82 Å². The first kappa shape index (κ1) is 17.4. The van der Waals surface area contributed by atoms with Gasteiger partial charge in [0.05, 0.1) is 11.3 Å². The summed E-state index contributed by atoms with van der Waals surface area (Å²) in [4.78, 5) is 11.9. The van der Waals surface area contributed by atoms with E-state index < -0.39 is 38.2 Å². The zero-order chi connectivity index (χ0) is 16.6. The van der Waals surface area contributed by atoms with Crippen LogP contribution in [0, 0.1) is 11.2 Å². The summed E-state index contributed by atoms with van der Waals surface area (Å²) in [6, 6.07) is 2.37. The molecular weight excluding hydrogens is 314 g/mol. The summed E-state index contributed by atoms with van der Waals surface area (Å²) < 4.78 is 73.3. The summed E-state index contributed by atoms with van der Waals surface area (Å²) >= 11 is 0. The van der Waals surface area contributed by atoms with Crippen molar-refractivity contribution in [3.63, 3.8) is 0 Å². The van der Waals surface area contributed by atoms with Crippen LogP contribution in [0.1, 0.15) is 31.1 Å². The SMILES string of the molecule is CC(C)(C)C(=O)c1ccc(NS(=O)(=O)C(F)(F)F)cc1F. The average molecular weight is 327 g/mol. The van der Waals surface area contributed by atoms with Gasteiger partial charge in [0, 0.05) is 5.41 Å². The molecule has 0 saturated heterocycles. The van der Waals surface area contributed by atoms with Crippen LogP contribution in [-0.4, -0.2) is 19.7 Å². The van der Waals surface area contributed by atoms with Gasteiger partial charge in [-0.15, -0.1) is 0 Å². The molecule has 0 aliphatic rings. The molecule has 0 saturated carbocycles. The Morgan fingerprint density at radius 1 is 1.14 bits per heavy atom. The first-order valence-electron chi connectivity index (χ1n) is 5.69. The number of anilines is 1. The molecule has 0 bridgehead atoms. The van der Waals surface area contributed by atoms with Crippen molar-refractivity contribution in [2.75, 3.05) is 4.72 Å². The monoisotopic (exact) mass is 327 g/mol. The van der Waals surface area contributed by atoms with Crippen LogP contribution in [-0.2, 0) is 10.0 Å². The lowest BCUT2D eigenvalue weighted by Gasteiger charge is -2.17. The van der Waals surface area contributed by atoms with E-state index in [2.05, 4.69) is 0 Å². The minimum absolute atomic E-state index is 0.322. The number of halogens is 4. The number of nitrogens with one attached hydrogen (secondary N) is 1. The Kier molecular flexibility index (Phi) is 4.38. The highest BCUT2D eigenvalue weighted by Crippen LogP contribution is 2.28. The van der Waals surface area contributed by atoms with Crippen molar-refractivity contribution in [2.45, 2.75) is 26.3 Å². The van der Waals surface area contributed by atoms with Gasteiger partial charge in [-0.1, -0.05) is 20.8 Å². The maximum absolute atomic E-state index is 13.8. The molecule has 0 unspecified atom stereocenters. The Labute approximate surface area is 119 Å². The van der Waals surface area contributed by atoms with Crippen molar-refractivity contribution in [1.29, 1.82) is 0 Å². The second-order valence-electron chi connectivity index (χ2n) is 5.32. The third-order valence-electron chi connectivity index (χ3n) is 2.45. The van der Waals surface area contributed by atoms with E-state index in [0.717, 1.165) is 12.1 Å². The number of Topliss-reactive ketones (excluding diaryl/α,β-unsaturated/α-hetero) is 1. The summed E-state index contributed by atoms with van der Waals surface area (Å²) in [6.45, 7) is 4.65. The number of rotatable bonds is 3. The molecule has 1 aromatic rings. The van der Waals surface area contributed by atoms with E-state index in [-0.39, 0.29) is 5.56 Å². The molecule has 0 amide bonds. The van der Waals surface area contributed by atoms with Crippen molar-refractivity contribution < 1.29 is 30.8 Å². The number of carbonyl (C=O) groups excluding carboxylic acids is 1. The summed E-state index contributed by atoms with van der Waals surface area (Å²) in [5.41, 5.74) is -7.33. The second-order valence-corrected chi connectivity index (χ2v) is 7.00. The summed E-state index contributed by atoms with van der Waals surface area (Å²) in [5, 5.41) is 0. The summed E-state index contributed by atoms with van der Waals surface area (Å²) in [6.07, 6.45) is 0. The number of ketones is 1. The van der Waals surface area contributed by atoms with E-state index >= 15 is 0 Å². The number of alkyl halides is 3. The van der Waals surface area contributed by atoms with Gasteiger partial charge in [-0.2, -0.15) is 21.6 Å². The molecule has 1 rings (SSSR count). The zero-order valence-corrected chi connectivity index (χ0v) is 12.2. The van der Waals surface area contributed by atoms with Gasteiger partial charge in [0.15, 0.2) is 5.78 Å². The van der Waals surface area contributed by atoms with E-state index in [1.807, 2.05) is 0 Å². The standard InChI is InChI=1S/C12H13F4NO3S/c1-11(2,3)10(18)8-5-4-7(6-9(8)13)17-21(19,20)12(14,15)16/h4-6,17H,1-3H3. The molecule has 0 aliphatic carbocycles. The fourth-order valence-corrected chi connectivity index (χ4v) is 1.93. The van der Waals surface area contributed by atoms with Crippen molar-refractivity contribution in [1.82, 2.24) is 0 Å². The molecule has 0 radical (unpaired) electrons. The first-order chi connectivity index (χ1) is 9.25. The van der Waals surface area contributed by atoms with Crippen LogP contribution in [0.3, 0.4) is 0 Å². The van der Waals surface area contributed by atoms with Crippen molar-refractivity contribution >= 4 is 21.5 Å². The molecule has 0 heterocycles. The Bertz CT molecular complexity index is 660. The highest BCUT2D eigenvalue weighted by molar-refractivity contribution is 7.93. The van der Waals surface area contributed by atoms with Crippen LogP contribution in [0.25, 0.3) is 0 Å². The molecule has 21 heavy (non-hydrogen) atoms. The number of hydrogen-bond donors (Lipinski definition) is 1. The Morgan fingerprint density at radius 3 is 2.05 bits per heavy atom. The van der Waals surface area contributed by atoms with Crippen LogP contribution in [0.5, 0.6) is 0 Å². The van der Waals surface area contributed by atoms with Gasteiger partial charge in [-0.05, 0) is 18.2 Å². The molecule has 0 spiro atoms. The molecule has 1 aromatic carbocycles. The van der Waals surface area contributed by atoms with E-state index in [1.165, 1.54) is 4.72 Å². The van der Waals surface area contributed by atoms with Gasteiger partial charge in [-0.25, -0.2) is 4.39 Å². The molecular formula is C12H13F4NO3S. The molecule has 0 atom stereocenters. The van der Waals surface area contributed by atoms with Crippen molar-refractivity contribution in [3.8, 4) is 0 Å². The zero-order valence-electron chi connectivity index (χ0n) is 11.4. The fraction of sp³-hybridized carbons (Fsp3) is 0.417. The third-order valence-corrected chi connectivity index (χ3v) is 3.57. The number of benzene rings is 1. The first-order valence-corrected chi connectivity index (χ1v) is 7.17. The Morgan fingerprint density at radius 2 is 1.67 bits per heavy atom. The second kappa shape index (κ2) is 5.28. The molecule has 118 valence electrons. The Hall–Kier alpha value is -1.64. The van der Waals surface area contributed by atoms with Crippen LogP contribution < -0.4 is 4.72 Å². The van der Waals surface area contributed by atoms with Crippen molar-refractivity contribution in [3.05, 3.63) is 29.6 Å². The van der Waals surface area contributed by atoms with Gasteiger partial charge in [-0.3, -0.25) is 9.52 Å². The molecule has 0 fully saturated rings. The van der Waals surface area contributed by atoms with E-state index in [4.69, 9.17) is 0 Å². The van der Waals surface area contributed by atoms with Crippen LogP contribution >= 0.6 is 0 Å². The van der Waals surface area contributed by atoms with Crippen LogP contribution in [0.15, 0.2) is 18.2 Å². The molecule has 9 heteroatoms. The predicted octanol–water partition coefficient (Wildman–Crippen LogP) is 3.32. The fourth-order valence-electron chi connectivity index (χ4n) is 1.38. The van der Waals surface area contributed by atoms with Crippen LogP contribution in [0.4, 0.5) is 23.2 Å². The topological polar surface area (TPSA) is 63.2 Å². The minimum atomic E-state index is -5.63. The van der Waals surface area contributed by atoms with E-state index in [9.17, 15) is 30.8 Å². The molecule has 0 aliphatic heterocycles. The molecule has 4 nitrogen and oxygen atoms in total. The normalized spacial score (nSPS) is 13.1. The maximum Gasteiger partial charge on any atom is 0.516 e. The lowest BCUT2D eigenvalue weighted by atomic mass is 9.86. The average Bonchev–Trinajstić information content (AvgIpc) is 2.24. The predicted molar refractivity (Wildman–Crippen MR) is 68.8 cm³/mol. The maximum atomic E-state index is 13.8. The number of sulfonamides is 1. The highest BCUT2D eigenvalue weighted by atomic mass is 32.2. The molecule has 1 N–H and O–H groups in total. The van der Waals surface area contributed by atoms with Crippen molar-refractivity contribution in [2.24, 2.45) is 5.41 Å². The quantitative estimate of drug-likeness (QED) is 0.684. The lowest BCUT2D eigenvalue weighted by molar-refractivity contribution is -0.0429. The highest BCUT2D eigenvalue weighted by Gasteiger charge is 2.46. The van der Waals surface area contributed by atoms with Gasteiger partial charge in [0.2, 0.25) is 0 Å². The van der Waals surface area contributed by atoms with E-state index in [0.29, 0.717) is 6.07 Å². The van der Waals surface area contributed by atoms with Gasteiger partial charge >= 0.3 is 15.5 Å². The van der Waals surface area contributed by atoms with E-state index in [1.54, 1.807) is 20.8 Å². The summed E-state index contributed by atoms with van der Waals surface area (Å²) in [7, 11) is -5.63. The Balaban J connectivity index is 3.13. The third kappa shape index (κ3) is 3.93. The largest absolute Gasteiger partial charge is 0.516 e.